The van der Waals surface area contributed by atoms with Crippen molar-refractivity contribution in [3.8, 4) is 5.69 Å². The van der Waals surface area contributed by atoms with E-state index in [9.17, 15) is 4.79 Å². The highest BCUT2D eigenvalue weighted by Crippen LogP contribution is 2.22. The number of aromatic nitrogens is 3. The van der Waals surface area contributed by atoms with E-state index in [1.807, 2.05) is 60.0 Å². The SMILES string of the molecule is C=CCn1c(=NC(=O)c2cnn(-c3ccccc3)c2C)sc2cc(Br)ccc21. The number of nitrogens with zero attached hydrogens (tertiary/aromatic N) is 4. The van der Waals surface area contributed by atoms with Gasteiger partial charge in [-0.1, -0.05) is 51.5 Å². The van der Waals surface area contributed by atoms with Crippen LogP contribution in [0.2, 0.25) is 0 Å². The molecule has 2 heterocycles. The lowest BCUT2D eigenvalue weighted by Gasteiger charge is -2.04. The van der Waals surface area contributed by atoms with Gasteiger partial charge in [0.2, 0.25) is 0 Å². The summed E-state index contributed by atoms with van der Waals surface area (Å²) in [6, 6.07) is 15.8. The minimum Gasteiger partial charge on any atom is -0.312 e. The number of carbonyl (C=O) groups excluding carboxylic acids is 1. The Morgan fingerprint density at radius 3 is 2.82 bits per heavy atom. The fraction of sp³-hybridized carbons (Fsp3) is 0.0952. The lowest BCUT2D eigenvalue weighted by Crippen LogP contribution is -2.16. The molecule has 2 aromatic carbocycles. The molecular formula is C21H17BrN4OS. The molecule has 0 saturated heterocycles. The van der Waals surface area contributed by atoms with E-state index in [2.05, 4.69) is 32.6 Å². The summed E-state index contributed by atoms with van der Waals surface area (Å²) < 4.78 is 5.79. The van der Waals surface area contributed by atoms with Gasteiger partial charge in [-0.25, -0.2) is 4.68 Å². The molecule has 2 aromatic heterocycles. The number of rotatable bonds is 4. The summed E-state index contributed by atoms with van der Waals surface area (Å²) in [5.41, 5.74) is 3.19. The van der Waals surface area contributed by atoms with Gasteiger partial charge >= 0.3 is 0 Å². The van der Waals surface area contributed by atoms with Crippen molar-refractivity contribution >= 4 is 43.4 Å². The fourth-order valence-corrected chi connectivity index (χ4v) is 4.62. The van der Waals surface area contributed by atoms with Gasteiger partial charge in [-0.15, -0.1) is 6.58 Å². The summed E-state index contributed by atoms with van der Waals surface area (Å²) >= 11 is 4.98. The molecule has 4 aromatic rings. The van der Waals surface area contributed by atoms with E-state index >= 15 is 0 Å². The van der Waals surface area contributed by atoms with E-state index in [0.29, 0.717) is 16.9 Å². The first-order valence-corrected chi connectivity index (χ1v) is 10.3. The van der Waals surface area contributed by atoms with Crippen molar-refractivity contribution in [2.24, 2.45) is 4.99 Å². The Bertz CT molecular complexity index is 1250. The Kier molecular flexibility index (Phi) is 5.11. The molecule has 0 spiro atoms. The molecular weight excluding hydrogens is 436 g/mol. The maximum absolute atomic E-state index is 12.9. The molecule has 0 N–H and O–H groups in total. The van der Waals surface area contributed by atoms with Crippen LogP contribution in [0.3, 0.4) is 0 Å². The fourth-order valence-electron chi connectivity index (χ4n) is 3.03. The number of carbonyl (C=O) groups is 1. The molecule has 140 valence electrons. The van der Waals surface area contributed by atoms with Gasteiger partial charge < -0.3 is 4.57 Å². The Balaban J connectivity index is 1.80. The van der Waals surface area contributed by atoms with E-state index in [0.717, 1.165) is 26.1 Å². The zero-order valence-electron chi connectivity index (χ0n) is 15.2. The Morgan fingerprint density at radius 1 is 1.29 bits per heavy atom. The van der Waals surface area contributed by atoms with E-state index in [1.165, 1.54) is 11.3 Å². The number of hydrogen-bond acceptors (Lipinski definition) is 3. The highest BCUT2D eigenvalue weighted by Gasteiger charge is 2.15. The monoisotopic (exact) mass is 452 g/mol. The van der Waals surface area contributed by atoms with E-state index < -0.39 is 0 Å². The topological polar surface area (TPSA) is 52.2 Å². The van der Waals surface area contributed by atoms with Crippen LogP contribution in [0.15, 0.2) is 76.8 Å². The van der Waals surface area contributed by atoms with E-state index in [1.54, 1.807) is 17.0 Å². The maximum atomic E-state index is 12.9. The molecule has 0 saturated carbocycles. The summed E-state index contributed by atoms with van der Waals surface area (Å²) in [6.45, 7) is 6.28. The normalized spacial score (nSPS) is 11.9. The average molecular weight is 453 g/mol. The smallest absolute Gasteiger partial charge is 0.283 e. The van der Waals surface area contributed by atoms with Gasteiger partial charge in [0.1, 0.15) is 0 Å². The highest BCUT2D eigenvalue weighted by molar-refractivity contribution is 9.10. The predicted molar refractivity (Wildman–Crippen MR) is 116 cm³/mol. The summed E-state index contributed by atoms with van der Waals surface area (Å²) in [5, 5.41) is 4.37. The van der Waals surface area contributed by atoms with Crippen LogP contribution in [0.4, 0.5) is 0 Å². The molecule has 0 aliphatic heterocycles. The second-order valence-corrected chi connectivity index (χ2v) is 8.13. The molecule has 0 radical (unpaired) electrons. The third-order valence-corrected chi connectivity index (χ3v) is 5.93. The van der Waals surface area contributed by atoms with Gasteiger partial charge in [-0.3, -0.25) is 4.79 Å². The zero-order chi connectivity index (χ0) is 19.7. The van der Waals surface area contributed by atoms with Gasteiger partial charge in [0.05, 0.1) is 33.4 Å². The van der Waals surface area contributed by atoms with Crippen LogP contribution in [0.5, 0.6) is 0 Å². The highest BCUT2D eigenvalue weighted by atomic mass is 79.9. The number of thiazole rings is 1. The van der Waals surface area contributed by atoms with Crippen molar-refractivity contribution in [2.75, 3.05) is 0 Å². The lowest BCUT2D eigenvalue weighted by atomic mass is 10.2. The number of halogens is 1. The van der Waals surface area contributed by atoms with Crippen molar-refractivity contribution in [3.05, 3.63) is 87.9 Å². The number of hydrogen-bond donors (Lipinski definition) is 0. The van der Waals surface area contributed by atoms with Crippen molar-refractivity contribution < 1.29 is 4.79 Å². The first-order chi connectivity index (χ1) is 13.6. The molecule has 5 nitrogen and oxygen atoms in total. The summed E-state index contributed by atoms with van der Waals surface area (Å²) in [6.07, 6.45) is 3.38. The van der Waals surface area contributed by atoms with Crippen LogP contribution in [0, 0.1) is 6.92 Å². The predicted octanol–water partition coefficient (Wildman–Crippen LogP) is 4.89. The van der Waals surface area contributed by atoms with Gasteiger partial charge in [0, 0.05) is 11.0 Å². The number of para-hydroxylation sites is 1. The summed E-state index contributed by atoms with van der Waals surface area (Å²) in [4.78, 5) is 18.0. The Morgan fingerprint density at radius 2 is 2.07 bits per heavy atom. The van der Waals surface area contributed by atoms with E-state index in [4.69, 9.17) is 0 Å². The van der Waals surface area contributed by atoms with Crippen molar-refractivity contribution in [2.45, 2.75) is 13.5 Å². The maximum Gasteiger partial charge on any atom is 0.283 e. The molecule has 0 bridgehead atoms. The quantitative estimate of drug-likeness (QED) is 0.414. The average Bonchev–Trinajstić information content (AvgIpc) is 3.23. The van der Waals surface area contributed by atoms with Crippen LogP contribution < -0.4 is 4.80 Å². The minimum atomic E-state index is -0.303. The number of amides is 1. The summed E-state index contributed by atoms with van der Waals surface area (Å²) in [7, 11) is 0. The minimum absolute atomic E-state index is 0.303. The van der Waals surface area contributed by atoms with Crippen LogP contribution >= 0.6 is 27.3 Å². The second-order valence-electron chi connectivity index (χ2n) is 6.20. The van der Waals surface area contributed by atoms with Gasteiger partial charge in [-0.05, 0) is 37.3 Å². The number of allylic oxidation sites excluding steroid dienone is 1. The van der Waals surface area contributed by atoms with Crippen molar-refractivity contribution in [1.29, 1.82) is 0 Å². The van der Waals surface area contributed by atoms with E-state index in [-0.39, 0.29) is 5.91 Å². The Hall–Kier alpha value is -2.77. The third kappa shape index (κ3) is 3.39. The molecule has 7 heteroatoms. The first kappa shape index (κ1) is 18.6. The first-order valence-electron chi connectivity index (χ1n) is 8.67. The van der Waals surface area contributed by atoms with Gasteiger partial charge in [0.15, 0.2) is 4.80 Å². The van der Waals surface area contributed by atoms with Crippen LogP contribution in [-0.2, 0) is 6.54 Å². The molecule has 4 rings (SSSR count). The molecule has 0 atom stereocenters. The zero-order valence-corrected chi connectivity index (χ0v) is 17.6. The third-order valence-electron chi connectivity index (χ3n) is 4.39. The Labute approximate surface area is 174 Å². The lowest BCUT2D eigenvalue weighted by molar-refractivity contribution is 0.0997. The van der Waals surface area contributed by atoms with Crippen LogP contribution in [-0.4, -0.2) is 20.3 Å². The summed E-state index contributed by atoms with van der Waals surface area (Å²) in [5.74, 6) is -0.303. The molecule has 0 aliphatic rings. The number of benzene rings is 2. The largest absolute Gasteiger partial charge is 0.312 e. The number of fused-ring (bicyclic) bond motifs is 1. The molecule has 1 amide bonds. The van der Waals surface area contributed by atoms with Gasteiger partial charge in [-0.2, -0.15) is 10.1 Å². The van der Waals surface area contributed by atoms with Crippen LogP contribution in [0.1, 0.15) is 16.1 Å². The molecule has 28 heavy (non-hydrogen) atoms. The second kappa shape index (κ2) is 7.69. The molecule has 0 fully saturated rings. The van der Waals surface area contributed by atoms with Crippen molar-refractivity contribution in [3.63, 3.8) is 0 Å². The standard InChI is InChI=1S/C21H17BrN4OS/c1-3-11-25-18-10-9-15(22)12-19(18)28-21(25)24-20(27)17-13-23-26(14(17)2)16-7-5-4-6-8-16/h3-10,12-13H,1,11H2,2H3. The van der Waals surface area contributed by atoms with Gasteiger partial charge in [0.25, 0.3) is 5.91 Å². The molecule has 0 aliphatic carbocycles. The van der Waals surface area contributed by atoms with Crippen LogP contribution in [0.25, 0.3) is 15.9 Å². The molecule has 0 unspecified atom stereocenters. The van der Waals surface area contributed by atoms with Crippen molar-refractivity contribution in [1.82, 2.24) is 14.3 Å².